The molecule has 122 valence electrons. The Balaban J connectivity index is 2.21. The first-order valence-corrected chi connectivity index (χ1v) is 7.78. The van der Waals surface area contributed by atoms with Crippen molar-refractivity contribution < 1.29 is 27.8 Å². The van der Waals surface area contributed by atoms with Gasteiger partial charge in [-0.05, 0) is 37.5 Å². The highest BCUT2D eigenvalue weighted by Gasteiger charge is 2.40. The van der Waals surface area contributed by atoms with Gasteiger partial charge < -0.3 is 9.84 Å². The first-order valence-electron chi connectivity index (χ1n) is 6.96. The molecule has 0 aliphatic carbocycles. The predicted molar refractivity (Wildman–Crippen MR) is 76.9 cm³/mol. The summed E-state index contributed by atoms with van der Waals surface area (Å²) >= 11 is 1.32. The van der Waals surface area contributed by atoms with Crippen molar-refractivity contribution in [3.63, 3.8) is 0 Å². The Hall–Kier alpha value is -1.21. The van der Waals surface area contributed by atoms with Crippen LogP contribution in [0, 0.1) is 0 Å². The maximum Gasteiger partial charge on any atom is 0.416 e. The van der Waals surface area contributed by atoms with Crippen LogP contribution < -0.4 is 0 Å². The number of carbonyl (C=O) groups is 1. The number of hydrogen-bond acceptors (Lipinski definition) is 3. The molecule has 0 aromatic heterocycles. The van der Waals surface area contributed by atoms with Crippen molar-refractivity contribution >= 4 is 17.7 Å². The minimum atomic E-state index is -4.38. The number of alkyl halides is 3. The summed E-state index contributed by atoms with van der Waals surface area (Å²) in [6.07, 6.45) is -3.70. The number of carboxylic acid groups (broad SMARTS) is 1. The molecule has 1 aliphatic heterocycles. The van der Waals surface area contributed by atoms with Crippen molar-refractivity contribution in [1.29, 1.82) is 0 Å². The zero-order chi connectivity index (χ0) is 16.4. The molecule has 2 atom stereocenters. The zero-order valence-corrected chi connectivity index (χ0v) is 12.8. The van der Waals surface area contributed by atoms with Gasteiger partial charge in [0.2, 0.25) is 0 Å². The molecule has 0 spiro atoms. The quantitative estimate of drug-likeness (QED) is 0.896. The summed E-state index contributed by atoms with van der Waals surface area (Å²) in [6, 6.07) is 5.16. The van der Waals surface area contributed by atoms with Crippen LogP contribution in [0.2, 0.25) is 0 Å². The molecule has 1 heterocycles. The van der Waals surface area contributed by atoms with E-state index in [0.717, 1.165) is 12.1 Å². The molecular weight excluding hydrogens is 317 g/mol. The molecular formula is C15H17F3O3S. The highest BCUT2D eigenvalue weighted by Crippen LogP contribution is 2.45. The van der Waals surface area contributed by atoms with E-state index in [0.29, 0.717) is 30.8 Å². The van der Waals surface area contributed by atoms with Crippen LogP contribution in [0.5, 0.6) is 0 Å². The number of halogens is 3. The van der Waals surface area contributed by atoms with Crippen LogP contribution in [0.15, 0.2) is 29.2 Å². The van der Waals surface area contributed by atoms with Crippen LogP contribution in [0.25, 0.3) is 0 Å². The Morgan fingerprint density at radius 2 is 2.23 bits per heavy atom. The van der Waals surface area contributed by atoms with Gasteiger partial charge in [-0.15, -0.1) is 11.8 Å². The Morgan fingerprint density at radius 1 is 1.50 bits per heavy atom. The van der Waals surface area contributed by atoms with Crippen molar-refractivity contribution in [1.82, 2.24) is 0 Å². The van der Waals surface area contributed by atoms with Crippen molar-refractivity contribution in [3.05, 3.63) is 29.8 Å². The van der Waals surface area contributed by atoms with Crippen molar-refractivity contribution in [2.45, 2.75) is 48.1 Å². The second-order valence-electron chi connectivity index (χ2n) is 5.32. The normalized spacial score (nSPS) is 25.9. The molecule has 1 aromatic rings. The third-order valence-corrected chi connectivity index (χ3v) is 5.43. The van der Waals surface area contributed by atoms with Crippen molar-refractivity contribution in [3.8, 4) is 0 Å². The van der Waals surface area contributed by atoms with Crippen LogP contribution in [0.1, 0.15) is 31.7 Å². The minimum Gasteiger partial charge on any atom is -0.479 e. The molecule has 7 heteroatoms. The molecule has 22 heavy (non-hydrogen) atoms. The molecule has 1 N–H and O–H groups in total. The Kier molecular flexibility index (Phi) is 5.07. The molecule has 1 aromatic carbocycles. The van der Waals surface area contributed by atoms with Gasteiger partial charge in [0.05, 0.1) is 5.56 Å². The van der Waals surface area contributed by atoms with Crippen LogP contribution >= 0.6 is 11.8 Å². The second-order valence-corrected chi connectivity index (χ2v) is 6.86. The Bertz CT molecular complexity index is 547. The van der Waals surface area contributed by atoms with Crippen LogP contribution in [-0.4, -0.2) is 28.5 Å². The Morgan fingerprint density at radius 3 is 2.82 bits per heavy atom. The molecule has 3 nitrogen and oxygen atoms in total. The number of hydrogen-bond donors (Lipinski definition) is 1. The molecule has 0 bridgehead atoms. The summed E-state index contributed by atoms with van der Waals surface area (Å²) in [6.45, 7) is 2.22. The third kappa shape index (κ3) is 3.95. The van der Waals surface area contributed by atoms with Gasteiger partial charge in [0, 0.05) is 16.2 Å². The van der Waals surface area contributed by atoms with E-state index in [2.05, 4.69) is 0 Å². The highest BCUT2D eigenvalue weighted by atomic mass is 32.2. The first-order chi connectivity index (χ1) is 10.3. The van der Waals surface area contributed by atoms with E-state index in [1.807, 2.05) is 6.92 Å². The van der Waals surface area contributed by atoms with Gasteiger partial charge in [-0.1, -0.05) is 13.0 Å². The number of thioether (sulfide) groups is 1. The van der Waals surface area contributed by atoms with Gasteiger partial charge in [-0.2, -0.15) is 13.2 Å². The summed E-state index contributed by atoms with van der Waals surface area (Å²) in [4.78, 5) is 11.6. The summed E-state index contributed by atoms with van der Waals surface area (Å²) in [7, 11) is 0. The smallest absolute Gasteiger partial charge is 0.416 e. The average Bonchev–Trinajstić information content (AvgIpc) is 2.47. The number of ether oxygens (including phenoxy) is 1. The molecule has 2 unspecified atom stereocenters. The predicted octanol–water partition coefficient (Wildman–Crippen LogP) is 4.21. The number of rotatable bonds is 4. The maximum absolute atomic E-state index is 12.8. The molecule has 0 radical (unpaired) electrons. The van der Waals surface area contributed by atoms with Crippen LogP contribution in [0.4, 0.5) is 13.2 Å². The lowest BCUT2D eigenvalue weighted by atomic mass is 9.92. The fraction of sp³-hybridized carbons (Fsp3) is 0.533. The van der Waals surface area contributed by atoms with Crippen LogP contribution in [0.3, 0.4) is 0 Å². The molecule has 0 amide bonds. The molecule has 2 rings (SSSR count). The Labute approximate surface area is 130 Å². The largest absolute Gasteiger partial charge is 0.479 e. The van der Waals surface area contributed by atoms with Gasteiger partial charge in [-0.3, -0.25) is 0 Å². The lowest BCUT2D eigenvalue weighted by Gasteiger charge is -2.38. The molecule has 0 saturated carbocycles. The topological polar surface area (TPSA) is 46.5 Å². The summed E-state index contributed by atoms with van der Waals surface area (Å²) in [5, 5.41) is 9.10. The van der Waals surface area contributed by atoms with Gasteiger partial charge in [-0.25, -0.2) is 4.79 Å². The fourth-order valence-electron chi connectivity index (χ4n) is 2.52. The van der Waals surface area contributed by atoms with Gasteiger partial charge in [0.1, 0.15) is 0 Å². The van der Waals surface area contributed by atoms with Crippen molar-refractivity contribution in [2.24, 2.45) is 0 Å². The van der Waals surface area contributed by atoms with E-state index < -0.39 is 28.6 Å². The highest BCUT2D eigenvalue weighted by molar-refractivity contribution is 8.00. The monoisotopic (exact) mass is 334 g/mol. The van der Waals surface area contributed by atoms with E-state index >= 15 is 0 Å². The fourth-order valence-corrected chi connectivity index (χ4v) is 3.91. The lowest BCUT2D eigenvalue weighted by molar-refractivity contribution is -0.154. The molecule has 1 saturated heterocycles. The van der Waals surface area contributed by atoms with E-state index in [1.165, 1.54) is 17.8 Å². The summed E-state index contributed by atoms with van der Waals surface area (Å²) in [5.74, 6) is -1.03. The third-order valence-electron chi connectivity index (χ3n) is 3.85. The van der Waals surface area contributed by atoms with Crippen molar-refractivity contribution in [2.75, 3.05) is 6.61 Å². The van der Waals surface area contributed by atoms with E-state index in [9.17, 15) is 18.0 Å². The number of benzene rings is 1. The van der Waals surface area contributed by atoms with Gasteiger partial charge in [0.25, 0.3) is 0 Å². The maximum atomic E-state index is 12.8. The van der Waals surface area contributed by atoms with Crippen LogP contribution in [-0.2, 0) is 15.7 Å². The SMILES string of the molecule is CCC1(Sc2cccc(C(F)(F)F)c2)CCOC(C(=O)O)C1. The van der Waals surface area contributed by atoms with Gasteiger partial charge in [0.15, 0.2) is 6.10 Å². The zero-order valence-electron chi connectivity index (χ0n) is 12.0. The van der Waals surface area contributed by atoms with E-state index in [-0.39, 0.29) is 0 Å². The first kappa shape index (κ1) is 17.1. The minimum absolute atomic E-state index is 0.291. The molecule has 1 fully saturated rings. The van der Waals surface area contributed by atoms with E-state index in [1.54, 1.807) is 6.07 Å². The number of aliphatic carboxylic acids is 1. The number of carboxylic acids is 1. The standard InChI is InChI=1S/C15H17F3O3S/c1-2-14(6-7-21-12(9-14)13(19)20)22-11-5-3-4-10(8-11)15(16,17)18/h3-5,8,12H,2,6-7,9H2,1H3,(H,19,20). The summed E-state index contributed by atoms with van der Waals surface area (Å²) in [5.41, 5.74) is -0.689. The van der Waals surface area contributed by atoms with E-state index in [4.69, 9.17) is 9.84 Å². The average molecular weight is 334 g/mol. The lowest BCUT2D eigenvalue weighted by Crippen LogP contribution is -2.41. The van der Waals surface area contributed by atoms with Gasteiger partial charge >= 0.3 is 12.1 Å². The molecule has 1 aliphatic rings. The summed E-state index contributed by atoms with van der Waals surface area (Å²) < 4.78 is 43.2. The second kappa shape index (κ2) is 6.50.